The lowest BCUT2D eigenvalue weighted by Gasteiger charge is -2.24. The Balaban J connectivity index is 1.75. The van der Waals surface area contributed by atoms with E-state index in [-0.39, 0.29) is 22.5 Å². The van der Waals surface area contributed by atoms with Gasteiger partial charge in [0.2, 0.25) is 5.91 Å². The molecular weight excluding hydrogens is 422 g/mol. The molecule has 6 nitrogen and oxygen atoms in total. The smallest absolute Gasteiger partial charge is 0.337 e. The van der Waals surface area contributed by atoms with Gasteiger partial charge in [0.1, 0.15) is 0 Å². The molecule has 1 unspecified atom stereocenters. The number of benzene rings is 2. The van der Waals surface area contributed by atoms with Crippen molar-refractivity contribution in [2.24, 2.45) is 0 Å². The zero-order valence-corrected chi connectivity index (χ0v) is 18.5. The zero-order chi connectivity index (χ0) is 21.7. The maximum atomic E-state index is 11.7. The standard InChI is InChI=1S/C22H20ClN3O3S/c1-11-7-14(12(2)25(4)13(3)27)5-6-15(11)18-10-26-19-9-17(23)16(21(28)29)8-20(19)30-22(26)24-18/h5-10,12H,1-4H3,(H,28,29). The molecule has 4 rings (SSSR count). The molecule has 0 fully saturated rings. The quantitative estimate of drug-likeness (QED) is 0.459. The molecule has 30 heavy (non-hydrogen) atoms. The SMILES string of the molecule is CC(=O)N(C)C(C)c1ccc(-c2cn3c(n2)sc2cc(C(=O)O)c(Cl)cc23)c(C)c1. The van der Waals surface area contributed by atoms with Gasteiger partial charge in [0.05, 0.1) is 32.5 Å². The number of aryl methyl sites for hydroxylation is 1. The van der Waals surface area contributed by atoms with E-state index in [1.807, 2.05) is 36.6 Å². The third-order valence-electron chi connectivity index (χ3n) is 5.50. The molecule has 4 aromatic rings. The maximum absolute atomic E-state index is 11.7. The van der Waals surface area contributed by atoms with Gasteiger partial charge in [-0.25, -0.2) is 9.78 Å². The van der Waals surface area contributed by atoms with Crippen LogP contribution < -0.4 is 0 Å². The molecule has 1 N–H and O–H groups in total. The third kappa shape index (κ3) is 3.34. The molecule has 1 amide bonds. The number of amides is 1. The first-order valence-electron chi connectivity index (χ1n) is 9.36. The summed E-state index contributed by atoms with van der Waals surface area (Å²) >= 11 is 7.59. The first kappa shape index (κ1) is 20.4. The van der Waals surface area contributed by atoms with E-state index < -0.39 is 5.97 Å². The molecule has 0 radical (unpaired) electrons. The molecule has 0 aliphatic rings. The van der Waals surface area contributed by atoms with Gasteiger partial charge < -0.3 is 10.0 Å². The molecule has 2 aromatic carbocycles. The van der Waals surface area contributed by atoms with Gasteiger partial charge in [-0.2, -0.15) is 0 Å². The summed E-state index contributed by atoms with van der Waals surface area (Å²) in [5.41, 5.74) is 4.89. The van der Waals surface area contributed by atoms with Crippen molar-refractivity contribution in [3.05, 3.63) is 58.2 Å². The van der Waals surface area contributed by atoms with Crippen LogP contribution in [0.25, 0.3) is 26.4 Å². The lowest BCUT2D eigenvalue weighted by atomic mass is 9.99. The van der Waals surface area contributed by atoms with Crippen LogP contribution in [0.15, 0.2) is 36.5 Å². The zero-order valence-electron chi connectivity index (χ0n) is 16.9. The summed E-state index contributed by atoms with van der Waals surface area (Å²) in [6.07, 6.45) is 1.94. The average Bonchev–Trinajstić information content (AvgIpc) is 3.23. The second-order valence-corrected chi connectivity index (χ2v) is 8.78. The highest BCUT2D eigenvalue weighted by Gasteiger charge is 2.18. The summed E-state index contributed by atoms with van der Waals surface area (Å²) in [7, 11) is 1.80. The van der Waals surface area contributed by atoms with E-state index in [4.69, 9.17) is 16.6 Å². The Morgan fingerprint density at radius 1 is 1.27 bits per heavy atom. The number of carbonyl (C=O) groups is 2. The molecule has 0 spiro atoms. The van der Waals surface area contributed by atoms with Crippen LogP contribution in [0, 0.1) is 6.92 Å². The summed E-state index contributed by atoms with van der Waals surface area (Å²) in [5.74, 6) is -1.02. The van der Waals surface area contributed by atoms with Gasteiger partial charge in [-0.15, -0.1) is 0 Å². The second kappa shape index (κ2) is 7.41. The van der Waals surface area contributed by atoms with Crippen molar-refractivity contribution in [1.29, 1.82) is 0 Å². The summed E-state index contributed by atoms with van der Waals surface area (Å²) in [5, 5.41) is 9.48. The Hall–Kier alpha value is -2.90. The fourth-order valence-corrected chi connectivity index (χ4v) is 4.81. The van der Waals surface area contributed by atoms with Crippen molar-refractivity contribution < 1.29 is 14.7 Å². The second-order valence-electron chi connectivity index (χ2n) is 7.37. The number of hydrogen-bond acceptors (Lipinski definition) is 4. The van der Waals surface area contributed by atoms with E-state index in [1.54, 1.807) is 31.0 Å². The average molecular weight is 442 g/mol. The molecule has 0 bridgehead atoms. The van der Waals surface area contributed by atoms with Crippen LogP contribution in [-0.2, 0) is 4.79 Å². The number of nitrogens with zero attached hydrogens (tertiary/aromatic N) is 3. The number of fused-ring (bicyclic) bond motifs is 3. The van der Waals surface area contributed by atoms with Crippen molar-refractivity contribution in [2.75, 3.05) is 7.05 Å². The lowest BCUT2D eigenvalue weighted by Crippen LogP contribution is -2.27. The molecule has 154 valence electrons. The van der Waals surface area contributed by atoms with Crippen molar-refractivity contribution in [3.8, 4) is 11.3 Å². The fraction of sp³-hybridized carbons (Fsp3) is 0.227. The van der Waals surface area contributed by atoms with Crippen LogP contribution in [0.3, 0.4) is 0 Å². The third-order valence-corrected chi connectivity index (χ3v) is 6.83. The van der Waals surface area contributed by atoms with Gasteiger partial charge in [0.25, 0.3) is 0 Å². The van der Waals surface area contributed by atoms with E-state index in [0.29, 0.717) is 0 Å². The number of carboxylic acids is 1. The van der Waals surface area contributed by atoms with E-state index in [0.717, 1.165) is 37.6 Å². The number of halogens is 1. The van der Waals surface area contributed by atoms with E-state index in [2.05, 4.69) is 6.07 Å². The Morgan fingerprint density at radius 3 is 2.63 bits per heavy atom. The van der Waals surface area contributed by atoms with Crippen LogP contribution in [0.5, 0.6) is 0 Å². The number of thiazole rings is 1. The minimum Gasteiger partial charge on any atom is -0.478 e. The van der Waals surface area contributed by atoms with Crippen LogP contribution >= 0.6 is 22.9 Å². The first-order valence-corrected chi connectivity index (χ1v) is 10.6. The highest BCUT2D eigenvalue weighted by molar-refractivity contribution is 7.23. The van der Waals surface area contributed by atoms with E-state index in [9.17, 15) is 14.7 Å². The minimum atomic E-state index is -1.05. The predicted molar refractivity (Wildman–Crippen MR) is 120 cm³/mol. The molecule has 8 heteroatoms. The molecule has 0 saturated heterocycles. The topological polar surface area (TPSA) is 74.9 Å². The van der Waals surface area contributed by atoms with Gasteiger partial charge in [-0.05, 0) is 37.1 Å². The Bertz CT molecular complexity index is 1320. The summed E-state index contributed by atoms with van der Waals surface area (Å²) in [6, 6.07) is 9.38. The van der Waals surface area contributed by atoms with E-state index in [1.165, 1.54) is 11.3 Å². The number of imidazole rings is 1. The Kier molecular flexibility index (Phi) is 5.03. The molecule has 0 aliphatic heterocycles. The van der Waals surface area contributed by atoms with Gasteiger partial charge >= 0.3 is 5.97 Å². The minimum absolute atomic E-state index is 0.0183. The number of hydrogen-bond donors (Lipinski definition) is 1. The molecule has 0 saturated carbocycles. The number of carboxylic acid groups (broad SMARTS) is 1. The first-order chi connectivity index (χ1) is 14.2. The number of rotatable bonds is 4. The predicted octanol–water partition coefficient (Wildman–Crippen LogP) is 5.42. The Labute approximate surface area is 182 Å². The lowest BCUT2D eigenvalue weighted by molar-refractivity contribution is -0.129. The highest BCUT2D eigenvalue weighted by Crippen LogP contribution is 2.34. The number of carbonyl (C=O) groups excluding carboxylic acids is 1. The van der Waals surface area contributed by atoms with Crippen molar-refractivity contribution in [2.45, 2.75) is 26.8 Å². The molecule has 2 aromatic heterocycles. The number of aromatic carboxylic acids is 1. The largest absolute Gasteiger partial charge is 0.478 e. The number of aromatic nitrogens is 2. The molecule has 0 aliphatic carbocycles. The van der Waals surface area contributed by atoms with E-state index >= 15 is 0 Å². The summed E-state index contributed by atoms with van der Waals surface area (Å²) in [4.78, 5) is 30.2. The van der Waals surface area contributed by atoms with Gasteiger partial charge in [0, 0.05) is 25.7 Å². The van der Waals surface area contributed by atoms with Crippen LogP contribution in [0.2, 0.25) is 5.02 Å². The molecule has 1 atom stereocenters. The Morgan fingerprint density at radius 2 is 2.00 bits per heavy atom. The summed E-state index contributed by atoms with van der Waals surface area (Å²) < 4.78 is 2.76. The monoisotopic (exact) mass is 441 g/mol. The van der Waals surface area contributed by atoms with Gasteiger partial charge in [-0.1, -0.05) is 41.1 Å². The van der Waals surface area contributed by atoms with Gasteiger partial charge in [0.15, 0.2) is 4.96 Å². The van der Waals surface area contributed by atoms with Crippen molar-refractivity contribution in [3.63, 3.8) is 0 Å². The normalized spacial score (nSPS) is 12.4. The fourth-order valence-electron chi connectivity index (χ4n) is 3.54. The van der Waals surface area contributed by atoms with Crippen molar-refractivity contribution in [1.82, 2.24) is 14.3 Å². The highest BCUT2D eigenvalue weighted by atomic mass is 35.5. The summed E-state index contributed by atoms with van der Waals surface area (Å²) in [6.45, 7) is 5.59. The van der Waals surface area contributed by atoms with Gasteiger partial charge in [-0.3, -0.25) is 9.20 Å². The molecule has 2 heterocycles. The van der Waals surface area contributed by atoms with Crippen LogP contribution in [0.4, 0.5) is 0 Å². The van der Waals surface area contributed by atoms with Crippen molar-refractivity contribution >= 4 is 50.0 Å². The molecular formula is C22H20ClN3O3S. The maximum Gasteiger partial charge on any atom is 0.337 e. The van der Waals surface area contributed by atoms with Crippen LogP contribution in [-0.4, -0.2) is 38.3 Å². The van der Waals surface area contributed by atoms with Crippen LogP contribution in [0.1, 0.15) is 41.4 Å².